The number of hydrogen-bond donors (Lipinski definition) is 1. The fourth-order valence-corrected chi connectivity index (χ4v) is 3.85. The fourth-order valence-electron chi connectivity index (χ4n) is 2.20. The van der Waals surface area contributed by atoms with Gasteiger partial charge in [-0.15, -0.1) is 11.8 Å². The summed E-state index contributed by atoms with van der Waals surface area (Å²) in [5.41, 5.74) is 7.41. The van der Waals surface area contributed by atoms with Crippen LogP contribution in [0.4, 0.5) is 10.1 Å². The smallest absolute Gasteiger partial charge is 0.123 e. The second-order valence-corrected chi connectivity index (χ2v) is 6.61. The first-order valence-electron chi connectivity index (χ1n) is 6.25. The van der Waals surface area contributed by atoms with Gasteiger partial charge in [-0.05, 0) is 52.3 Å². The van der Waals surface area contributed by atoms with E-state index in [1.165, 1.54) is 6.07 Å². The number of nitrogen functional groups attached to an aromatic ring is 1. The third-order valence-electron chi connectivity index (χ3n) is 3.14. The molecule has 5 heteroatoms. The van der Waals surface area contributed by atoms with Crippen LogP contribution in [-0.4, -0.2) is 11.9 Å². The topological polar surface area (TPSA) is 35.2 Å². The highest BCUT2D eigenvalue weighted by Crippen LogP contribution is 2.34. The van der Waals surface area contributed by atoms with Crippen molar-refractivity contribution in [3.63, 3.8) is 0 Å². The highest BCUT2D eigenvalue weighted by Gasteiger charge is 2.23. The van der Waals surface area contributed by atoms with Crippen LogP contribution in [0.15, 0.2) is 45.8 Å². The van der Waals surface area contributed by atoms with Crippen molar-refractivity contribution in [1.29, 1.82) is 0 Å². The molecule has 1 heterocycles. The highest BCUT2D eigenvalue weighted by molar-refractivity contribution is 9.10. The van der Waals surface area contributed by atoms with Gasteiger partial charge in [0.2, 0.25) is 0 Å². The summed E-state index contributed by atoms with van der Waals surface area (Å²) in [7, 11) is 0. The molecule has 2 aromatic carbocycles. The Morgan fingerprint density at radius 3 is 2.95 bits per heavy atom. The molecule has 1 aliphatic rings. The lowest BCUT2D eigenvalue weighted by molar-refractivity contribution is 0.259. The minimum Gasteiger partial charge on any atom is -0.489 e. The van der Waals surface area contributed by atoms with Gasteiger partial charge in [-0.3, -0.25) is 0 Å². The third kappa shape index (κ3) is 2.94. The summed E-state index contributed by atoms with van der Waals surface area (Å²) in [6.07, 6.45) is 0.841. The summed E-state index contributed by atoms with van der Waals surface area (Å²) < 4.78 is 20.0. The fraction of sp³-hybridized carbons (Fsp3) is 0.200. The lowest BCUT2D eigenvalue weighted by Gasteiger charge is -2.11. The molecule has 0 aromatic heterocycles. The standard InChI is InChI=1S/C15H13BrFNOS/c16-13-7-11(18)2-4-15(13)20-8-12-6-9-5-10(17)1-3-14(9)19-12/h1-5,7,12H,6,8,18H2. The maximum Gasteiger partial charge on any atom is 0.123 e. The van der Waals surface area contributed by atoms with Gasteiger partial charge in [-0.1, -0.05) is 0 Å². The van der Waals surface area contributed by atoms with Crippen molar-refractivity contribution in [3.8, 4) is 5.75 Å². The second-order valence-electron chi connectivity index (χ2n) is 4.70. The predicted octanol–water partition coefficient (Wildman–Crippen LogP) is 4.27. The van der Waals surface area contributed by atoms with Crippen molar-refractivity contribution < 1.29 is 9.13 Å². The molecule has 1 aliphatic heterocycles. The Kier molecular flexibility index (Phi) is 3.89. The summed E-state index contributed by atoms with van der Waals surface area (Å²) in [6, 6.07) is 10.5. The summed E-state index contributed by atoms with van der Waals surface area (Å²) in [6.45, 7) is 0. The Balaban J connectivity index is 1.63. The SMILES string of the molecule is Nc1ccc(SCC2Cc3cc(F)ccc3O2)c(Br)c1. The van der Waals surface area contributed by atoms with Gasteiger partial charge in [0.15, 0.2) is 0 Å². The van der Waals surface area contributed by atoms with Gasteiger partial charge in [0.1, 0.15) is 17.7 Å². The molecule has 0 aliphatic carbocycles. The molecule has 0 saturated heterocycles. The number of fused-ring (bicyclic) bond motifs is 1. The van der Waals surface area contributed by atoms with Crippen LogP contribution >= 0.6 is 27.7 Å². The first-order chi connectivity index (χ1) is 9.61. The van der Waals surface area contributed by atoms with Crippen LogP contribution in [0, 0.1) is 5.82 Å². The van der Waals surface area contributed by atoms with Crippen molar-refractivity contribution in [2.24, 2.45) is 0 Å². The zero-order valence-electron chi connectivity index (χ0n) is 10.6. The maximum absolute atomic E-state index is 13.2. The molecule has 0 spiro atoms. The largest absolute Gasteiger partial charge is 0.489 e. The molecular formula is C15H13BrFNOS. The molecule has 0 saturated carbocycles. The molecule has 20 heavy (non-hydrogen) atoms. The van der Waals surface area contributed by atoms with Crippen molar-refractivity contribution in [1.82, 2.24) is 0 Å². The Morgan fingerprint density at radius 1 is 1.30 bits per heavy atom. The molecule has 2 N–H and O–H groups in total. The molecule has 104 valence electrons. The summed E-state index contributed by atoms with van der Waals surface area (Å²) >= 11 is 5.21. The van der Waals surface area contributed by atoms with Crippen LogP contribution in [-0.2, 0) is 6.42 Å². The number of halogens is 2. The second kappa shape index (κ2) is 5.66. The summed E-state index contributed by atoms with van der Waals surface area (Å²) in [5, 5.41) is 0. The van der Waals surface area contributed by atoms with Gasteiger partial charge in [-0.25, -0.2) is 4.39 Å². The van der Waals surface area contributed by atoms with Crippen molar-refractivity contribution in [2.45, 2.75) is 17.4 Å². The molecule has 2 aromatic rings. The number of ether oxygens (including phenoxy) is 1. The van der Waals surface area contributed by atoms with Crippen LogP contribution in [0.1, 0.15) is 5.56 Å². The lowest BCUT2D eigenvalue weighted by Crippen LogP contribution is -2.15. The zero-order chi connectivity index (χ0) is 14.1. The van der Waals surface area contributed by atoms with E-state index in [1.807, 2.05) is 18.2 Å². The number of nitrogens with two attached hydrogens (primary N) is 1. The Labute approximate surface area is 129 Å². The first kappa shape index (κ1) is 13.8. The average molecular weight is 354 g/mol. The van der Waals surface area contributed by atoms with Crippen molar-refractivity contribution >= 4 is 33.4 Å². The Hall–Kier alpha value is -1.20. The minimum atomic E-state index is -0.207. The third-order valence-corrected chi connectivity index (χ3v) is 5.27. The van der Waals surface area contributed by atoms with Gasteiger partial charge in [0.25, 0.3) is 0 Å². The Bertz CT molecular complexity index is 650. The normalized spacial score (nSPS) is 16.8. The van der Waals surface area contributed by atoms with E-state index in [0.717, 1.165) is 38.5 Å². The van der Waals surface area contributed by atoms with E-state index in [9.17, 15) is 4.39 Å². The number of hydrogen-bond acceptors (Lipinski definition) is 3. The average Bonchev–Trinajstić information content (AvgIpc) is 2.79. The van der Waals surface area contributed by atoms with Gasteiger partial charge in [-0.2, -0.15) is 0 Å². The quantitative estimate of drug-likeness (QED) is 0.661. The molecule has 0 bridgehead atoms. The zero-order valence-corrected chi connectivity index (χ0v) is 13.0. The van der Waals surface area contributed by atoms with Gasteiger partial charge in [0.05, 0.1) is 0 Å². The summed E-state index contributed by atoms with van der Waals surface area (Å²) in [5.74, 6) is 1.41. The Morgan fingerprint density at radius 2 is 2.15 bits per heavy atom. The van der Waals surface area contributed by atoms with Gasteiger partial charge in [0, 0.05) is 32.8 Å². The van der Waals surface area contributed by atoms with Gasteiger partial charge < -0.3 is 10.5 Å². The molecule has 1 unspecified atom stereocenters. The first-order valence-corrected chi connectivity index (χ1v) is 8.02. The monoisotopic (exact) mass is 353 g/mol. The van der Waals surface area contributed by atoms with Crippen molar-refractivity contribution in [3.05, 3.63) is 52.3 Å². The van der Waals surface area contributed by atoms with Crippen LogP contribution < -0.4 is 10.5 Å². The molecule has 3 rings (SSSR count). The molecule has 1 atom stereocenters. The lowest BCUT2D eigenvalue weighted by atomic mass is 10.1. The molecule has 2 nitrogen and oxygen atoms in total. The predicted molar refractivity (Wildman–Crippen MR) is 83.8 cm³/mol. The number of anilines is 1. The van der Waals surface area contributed by atoms with Crippen LogP contribution in [0.25, 0.3) is 0 Å². The molecule has 0 radical (unpaired) electrons. The van der Waals surface area contributed by atoms with Gasteiger partial charge >= 0.3 is 0 Å². The number of thioether (sulfide) groups is 1. The van der Waals surface area contributed by atoms with Crippen LogP contribution in [0.2, 0.25) is 0 Å². The maximum atomic E-state index is 13.2. The highest BCUT2D eigenvalue weighted by atomic mass is 79.9. The van der Waals surface area contributed by atoms with E-state index in [1.54, 1.807) is 23.9 Å². The van der Waals surface area contributed by atoms with Crippen LogP contribution in [0.5, 0.6) is 5.75 Å². The van der Waals surface area contributed by atoms with E-state index < -0.39 is 0 Å². The number of rotatable bonds is 3. The van der Waals surface area contributed by atoms with E-state index in [4.69, 9.17) is 10.5 Å². The van der Waals surface area contributed by atoms with Crippen molar-refractivity contribution in [2.75, 3.05) is 11.5 Å². The summed E-state index contributed by atoms with van der Waals surface area (Å²) in [4.78, 5) is 1.13. The number of benzene rings is 2. The van der Waals surface area contributed by atoms with E-state index in [-0.39, 0.29) is 11.9 Å². The molecule has 0 fully saturated rings. The van der Waals surface area contributed by atoms with E-state index in [2.05, 4.69) is 15.9 Å². The van der Waals surface area contributed by atoms with Crippen LogP contribution in [0.3, 0.4) is 0 Å². The van der Waals surface area contributed by atoms with E-state index in [0.29, 0.717) is 0 Å². The van der Waals surface area contributed by atoms with E-state index >= 15 is 0 Å². The minimum absolute atomic E-state index is 0.0845. The molecule has 0 amide bonds. The molecular weight excluding hydrogens is 341 g/mol.